The number of carbonyl (C=O) groups is 3. The average Bonchev–Trinajstić information content (AvgIpc) is 3.10. The van der Waals surface area contributed by atoms with Crippen molar-refractivity contribution in [3.8, 4) is 0 Å². The molecule has 2 N–H and O–H groups in total. The van der Waals surface area contributed by atoms with E-state index in [2.05, 4.69) is 31.3 Å². The molecule has 0 rings (SSSR count). The number of carboxylic acids is 1. The van der Waals surface area contributed by atoms with E-state index in [-0.39, 0.29) is 24.5 Å². The van der Waals surface area contributed by atoms with E-state index in [1.165, 1.54) is 161 Å². The summed E-state index contributed by atoms with van der Waals surface area (Å²) >= 11 is 0. The maximum Gasteiger partial charge on any atom is 0.322 e. The summed E-state index contributed by atoms with van der Waals surface area (Å²) in [5, 5.41) is 11.1. The number of hydrogen-bond acceptors (Lipinski definition) is 4. The van der Waals surface area contributed by atoms with Crippen LogP contribution in [0.5, 0.6) is 0 Å². The van der Waals surface area contributed by atoms with E-state index in [0.717, 1.165) is 51.4 Å². The summed E-state index contributed by atoms with van der Waals surface area (Å²) in [5.74, 6) is -1.32. The molecule has 6 nitrogen and oxygen atoms in total. The first-order valence-corrected chi connectivity index (χ1v) is 21.8. The summed E-state index contributed by atoms with van der Waals surface area (Å²) in [6.45, 7) is 4.19. The van der Waals surface area contributed by atoms with E-state index in [4.69, 9.17) is 9.84 Å². The Kier molecular flexibility index (Phi) is 38.5. The van der Waals surface area contributed by atoms with Crippen molar-refractivity contribution >= 4 is 17.8 Å². The second kappa shape index (κ2) is 39.9. The lowest BCUT2D eigenvalue weighted by Crippen LogP contribution is -2.28. The third kappa shape index (κ3) is 38.9. The molecule has 0 saturated heterocycles. The van der Waals surface area contributed by atoms with E-state index in [0.29, 0.717) is 12.8 Å². The van der Waals surface area contributed by atoms with Crippen LogP contribution in [0.4, 0.5) is 0 Å². The second-order valence-electron chi connectivity index (χ2n) is 15.0. The van der Waals surface area contributed by atoms with Gasteiger partial charge in [-0.25, -0.2) is 0 Å². The highest BCUT2D eigenvalue weighted by Crippen LogP contribution is 2.17. The highest BCUT2D eigenvalue weighted by molar-refractivity contribution is 5.80. The number of hydrogen-bond donors (Lipinski definition) is 2. The molecular weight excluding hydrogens is 622 g/mol. The zero-order valence-corrected chi connectivity index (χ0v) is 33.3. The standard InChI is InChI=1S/C44H83NO5/c1-3-5-7-9-11-12-13-14-15-16-17-18-19-20-21-22-23-24-25-26-27-29-35-39-44(49)50-41(36-32-28-10-8-6-4-2)37-33-30-31-34-38-42(46)45-40-43(47)48/h32,36,41H,3-31,33-35,37-40H2,1-2H3,(H,45,46)(H,47,48)/b36-32-. The van der Waals surface area contributed by atoms with Gasteiger partial charge in [-0.05, 0) is 44.6 Å². The van der Waals surface area contributed by atoms with Crippen molar-refractivity contribution < 1.29 is 24.2 Å². The number of rotatable bonds is 40. The summed E-state index contributed by atoms with van der Waals surface area (Å²) < 4.78 is 5.88. The molecule has 294 valence electrons. The number of ether oxygens (including phenoxy) is 1. The molecule has 0 aromatic rings. The molecule has 0 bridgehead atoms. The molecular formula is C44H83NO5. The Morgan fingerprint density at radius 3 is 1.34 bits per heavy atom. The van der Waals surface area contributed by atoms with Crippen LogP contribution < -0.4 is 5.32 Å². The van der Waals surface area contributed by atoms with Gasteiger partial charge in [0.05, 0.1) is 0 Å². The van der Waals surface area contributed by atoms with Crippen LogP contribution >= 0.6 is 0 Å². The van der Waals surface area contributed by atoms with Gasteiger partial charge in [0.15, 0.2) is 0 Å². The number of amides is 1. The third-order valence-corrected chi connectivity index (χ3v) is 9.92. The maximum atomic E-state index is 12.6. The number of aliphatic carboxylic acids is 1. The van der Waals surface area contributed by atoms with Gasteiger partial charge in [0.2, 0.25) is 5.91 Å². The molecule has 0 aliphatic carbocycles. The molecule has 0 spiro atoms. The lowest BCUT2D eigenvalue weighted by atomic mass is 10.0. The molecule has 0 radical (unpaired) electrons. The zero-order chi connectivity index (χ0) is 36.6. The first-order chi connectivity index (χ1) is 24.5. The van der Waals surface area contributed by atoms with Crippen LogP contribution in [-0.4, -0.2) is 35.6 Å². The highest BCUT2D eigenvalue weighted by Gasteiger charge is 2.12. The molecule has 50 heavy (non-hydrogen) atoms. The minimum Gasteiger partial charge on any atom is -0.480 e. The van der Waals surface area contributed by atoms with Gasteiger partial charge in [-0.1, -0.05) is 193 Å². The average molecular weight is 706 g/mol. The fourth-order valence-corrected chi connectivity index (χ4v) is 6.66. The minimum atomic E-state index is -1.02. The van der Waals surface area contributed by atoms with Crippen LogP contribution in [0.15, 0.2) is 12.2 Å². The van der Waals surface area contributed by atoms with Crippen molar-refractivity contribution in [1.29, 1.82) is 0 Å². The van der Waals surface area contributed by atoms with Crippen LogP contribution in [0.3, 0.4) is 0 Å². The second-order valence-corrected chi connectivity index (χ2v) is 15.0. The van der Waals surface area contributed by atoms with E-state index < -0.39 is 5.97 Å². The molecule has 0 heterocycles. The Morgan fingerprint density at radius 2 is 0.900 bits per heavy atom. The predicted molar refractivity (Wildman–Crippen MR) is 213 cm³/mol. The maximum absolute atomic E-state index is 12.6. The zero-order valence-electron chi connectivity index (χ0n) is 33.3. The van der Waals surface area contributed by atoms with E-state index in [1.54, 1.807) is 0 Å². The highest BCUT2D eigenvalue weighted by atomic mass is 16.5. The van der Waals surface area contributed by atoms with Crippen molar-refractivity contribution in [1.82, 2.24) is 5.32 Å². The van der Waals surface area contributed by atoms with Crippen LogP contribution in [0, 0.1) is 0 Å². The van der Waals surface area contributed by atoms with Crippen molar-refractivity contribution in [2.75, 3.05) is 6.54 Å². The first kappa shape index (κ1) is 48.1. The van der Waals surface area contributed by atoms with Crippen LogP contribution in [0.25, 0.3) is 0 Å². The van der Waals surface area contributed by atoms with Gasteiger partial charge in [-0.3, -0.25) is 14.4 Å². The van der Waals surface area contributed by atoms with Crippen LogP contribution in [0.1, 0.15) is 239 Å². The number of carbonyl (C=O) groups excluding carboxylic acids is 2. The van der Waals surface area contributed by atoms with Gasteiger partial charge in [-0.2, -0.15) is 0 Å². The van der Waals surface area contributed by atoms with Gasteiger partial charge in [0.1, 0.15) is 12.6 Å². The number of nitrogens with one attached hydrogen (secondary N) is 1. The predicted octanol–water partition coefficient (Wildman–Crippen LogP) is 13.3. The fraction of sp³-hybridized carbons (Fsp3) is 0.886. The number of carboxylic acid groups (broad SMARTS) is 1. The SMILES string of the molecule is CCCCCC/C=C\C(CCCCCCC(=O)NCC(=O)O)OC(=O)CCCCCCCCCCCCCCCCCCCCCCCCC. The van der Waals surface area contributed by atoms with Crippen molar-refractivity contribution in [2.45, 2.75) is 245 Å². The summed E-state index contributed by atoms with van der Waals surface area (Å²) in [5.41, 5.74) is 0. The number of unbranched alkanes of at least 4 members (excludes halogenated alkanes) is 29. The van der Waals surface area contributed by atoms with Gasteiger partial charge < -0.3 is 15.2 Å². The molecule has 6 heteroatoms. The largest absolute Gasteiger partial charge is 0.480 e. The topological polar surface area (TPSA) is 92.7 Å². The Bertz CT molecular complexity index is 782. The first-order valence-electron chi connectivity index (χ1n) is 21.8. The summed E-state index contributed by atoms with van der Waals surface area (Å²) in [4.78, 5) is 34.9. The molecule has 0 aromatic heterocycles. The van der Waals surface area contributed by atoms with Crippen molar-refractivity contribution in [3.05, 3.63) is 12.2 Å². The molecule has 0 aromatic carbocycles. The van der Waals surface area contributed by atoms with Gasteiger partial charge in [0, 0.05) is 12.8 Å². The molecule has 0 aliphatic rings. The van der Waals surface area contributed by atoms with Crippen molar-refractivity contribution in [3.63, 3.8) is 0 Å². The third-order valence-electron chi connectivity index (χ3n) is 9.92. The molecule has 1 atom stereocenters. The molecule has 0 aliphatic heterocycles. The van der Waals surface area contributed by atoms with E-state index >= 15 is 0 Å². The Morgan fingerprint density at radius 1 is 0.520 bits per heavy atom. The van der Waals surface area contributed by atoms with E-state index in [9.17, 15) is 14.4 Å². The summed E-state index contributed by atoms with van der Waals surface area (Å²) in [7, 11) is 0. The van der Waals surface area contributed by atoms with Gasteiger partial charge >= 0.3 is 11.9 Å². The van der Waals surface area contributed by atoms with Crippen LogP contribution in [0.2, 0.25) is 0 Å². The summed E-state index contributed by atoms with van der Waals surface area (Å²) in [6, 6.07) is 0. The fourth-order valence-electron chi connectivity index (χ4n) is 6.66. The number of allylic oxidation sites excluding steroid dienone is 1. The summed E-state index contributed by atoms with van der Waals surface area (Å²) in [6.07, 6.45) is 46.7. The molecule has 1 unspecified atom stereocenters. The van der Waals surface area contributed by atoms with E-state index in [1.807, 2.05) is 0 Å². The van der Waals surface area contributed by atoms with Crippen LogP contribution in [-0.2, 0) is 19.1 Å². The Hall–Kier alpha value is -1.85. The molecule has 0 fully saturated rings. The quantitative estimate of drug-likeness (QED) is 0.0376. The van der Waals surface area contributed by atoms with Gasteiger partial charge in [-0.15, -0.1) is 0 Å². The lowest BCUT2D eigenvalue weighted by Gasteiger charge is -2.15. The van der Waals surface area contributed by atoms with Crippen molar-refractivity contribution in [2.24, 2.45) is 0 Å². The lowest BCUT2D eigenvalue weighted by molar-refractivity contribution is -0.147. The molecule has 0 saturated carbocycles. The normalized spacial score (nSPS) is 12.0. The number of esters is 1. The molecule has 1 amide bonds. The Labute approximate surface area is 310 Å². The van der Waals surface area contributed by atoms with Gasteiger partial charge in [0.25, 0.3) is 0 Å². The smallest absolute Gasteiger partial charge is 0.322 e. The minimum absolute atomic E-state index is 0.0794. The monoisotopic (exact) mass is 706 g/mol. The Balaban J connectivity index is 3.80.